The Hall–Kier alpha value is -4.71. The van der Waals surface area contributed by atoms with E-state index in [1.165, 1.54) is 29.8 Å². The predicted molar refractivity (Wildman–Crippen MR) is 129 cm³/mol. The molecule has 0 radical (unpaired) electrons. The lowest BCUT2D eigenvalue weighted by atomic mass is 9.77. The summed E-state index contributed by atoms with van der Waals surface area (Å²) in [5.74, 6) is 1.40. The lowest BCUT2D eigenvalue weighted by Crippen LogP contribution is -2.32. The molecule has 1 spiro atoms. The van der Waals surface area contributed by atoms with Gasteiger partial charge >= 0.3 is 5.97 Å². The monoisotopic (exact) mass is 464 g/mol. The van der Waals surface area contributed by atoms with Crippen LogP contribution in [0.15, 0.2) is 91.0 Å². The van der Waals surface area contributed by atoms with Crippen molar-refractivity contribution in [3.8, 4) is 28.7 Å². The molecule has 35 heavy (non-hydrogen) atoms. The molecule has 6 heteroatoms. The smallest absolute Gasteiger partial charge is 0.340 e. The number of aromatic hydroxyl groups is 2. The molecule has 4 aromatic carbocycles. The number of hydrogen-bond acceptors (Lipinski definition) is 6. The van der Waals surface area contributed by atoms with E-state index in [0.29, 0.717) is 40.4 Å². The largest absolute Gasteiger partial charge is 0.508 e. The van der Waals surface area contributed by atoms with E-state index < -0.39 is 11.6 Å². The van der Waals surface area contributed by atoms with Gasteiger partial charge in [0.2, 0.25) is 0 Å². The summed E-state index contributed by atoms with van der Waals surface area (Å²) in [5, 5.41) is 19.7. The zero-order chi connectivity index (χ0) is 24.0. The van der Waals surface area contributed by atoms with Crippen molar-refractivity contribution in [3.63, 3.8) is 0 Å². The third-order valence-electron chi connectivity index (χ3n) is 6.23. The summed E-state index contributed by atoms with van der Waals surface area (Å²) < 4.78 is 17.1. The van der Waals surface area contributed by atoms with Gasteiger partial charge in [-0.3, -0.25) is 0 Å². The summed E-state index contributed by atoms with van der Waals surface area (Å²) in [6, 6.07) is 24.6. The number of para-hydroxylation sites is 1. The molecule has 2 N–H and O–H groups in total. The topological polar surface area (TPSA) is 85.2 Å². The molecular weight excluding hydrogens is 444 g/mol. The highest BCUT2D eigenvalue weighted by Crippen LogP contribution is 2.56. The minimum Gasteiger partial charge on any atom is -0.508 e. The number of esters is 1. The molecule has 0 fully saturated rings. The van der Waals surface area contributed by atoms with Crippen LogP contribution in [0.3, 0.4) is 0 Å². The number of carbonyl (C=O) groups is 1. The molecule has 7 rings (SSSR count). The summed E-state index contributed by atoms with van der Waals surface area (Å²) in [4.78, 5) is 12.5. The third kappa shape index (κ3) is 3.30. The molecular formula is C29H20O6. The van der Waals surface area contributed by atoms with E-state index in [2.05, 4.69) is 6.08 Å². The Bertz CT molecular complexity index is 1450. The Balaban J connectivity index is 0.000000191. The standard InChI is InChI=1S/C20H12O5.C9H8O/c21-11-5-7-15-17(9-11)24-18-10-12(22)6-8-16(18)20(15)14-4-2-1-3-13(14)19(23)25-20;1-2-6-9-8(4-1)5-3-7-10-9/h1-10,21-22H;1-6H,7H2. The number of ether oxygens (including phenoxy) is 3. The summed E-state index contributed by atoms with van der Waals surface area (Å²) >= 11 is 0. The van der Waals surface area contributed by atoms with E-state index in [9.17, 15) is 15.0 Å². The Morgan fingerprint density at radius 1 is 0.714 bits per heavy atom. The first-order chi connectivity index (χ1) is 17.1. The van der Waals surface area contributed by atoms with Crippen molar-refractivity contribution in [3.05, 3.63) is 119 Å². The highest BCUT2D eigenvalue weighted by Gasteiger charge is 2.53. The van der Waals surface area contributed by atoms with E-state index in [4.69, 9.17) is 14.2 Å². The average Bonchev–Trinajstić information content (AvgIpc) is 3.17. The van der Waals surface area contributed by atoms with Crippen molar-refractivity contribution in [2.45, 2.75) is 5.60 Å². The van der Waals surface area contributed by atoms with Crippen LogP contribution >= 0.6 is 0 Å². The summed E-state index contributed by atoms with van der Waals surface area (Å²) in [6.07, 6.45) is 4.10. The highest BCUT2D eigenvalue weighted by atomic mass is 16.6. The number of carbonyl (C=O) groups excluding carboxylic acids is 1. The van der Waals surface area contributed by atoms with Crippen LogP contribution in [0.25, 0.3) is 6.08 Å². The second-order valence-electron chi connectivity index (χ2n) is 8.33. The minimum absolute atomic E-state index is 0.0371. The predicted octanol–water partition coefficient (Wildman–Crippen LogP) is 5.76. The maximum Gasteiger partial charge on any atom is 0.340 e. The van der Waals surface area contributed by atoms with Crippen LogP contribution in [-0.4, -0.2) is 22.8 Å². The average molecular weight is 464 g/mol. The van der Waals surface area contributed by atoms with Crippen LogP contribution < -0.4 is 9.47 Å². The fourth-order valence-electron chi connectivity index (χ4n) is 4.72. The lowest BCUT2D eigenvalue weighted by molar-refractivity contribution is 0.0224. The lowest BCUT2D eigenvalue weighted by Gasteiger charge is -2.36. The Morgan fingerprint density at radius 2 is 1.37 bits per heavy atom. The normalized spacial score (nSPS) is 15.3. The van der Waals surface area contributed by atoms with E-state index in [-0.39, 0.29) is 11.5 Å². The molecule has 0 bridgehead atoms. The molecule has 0 unspecified atom stereocenters. The SMILES string of the molecule is C1=Cc2ccccc2OC1.O=C1OC2(c3ccc(O)cc3Oc3cc(O)ccc32)c2ccccc21. The molecule has 3 heterocycles. The van der Waals surface area contributed by atoms with Crippen molar-refractivity contribution >= 4 is 12.0 Å². The van der Waals surface area contributed by atoms with Crippen LogP contribution in [0.4, 0.5) is 0 Å². The van der Waals surface area contributed by atoms with E-state index in [1.54, 1.807) is 24.3 Å². The maximum absolute atomic E-state index is 12.5. The van der Waals surface area contributed by atoms with Gasteiger partial charge in [0.1, 0.15) is 35.4 Å². The first kappa shape index (κ1) is 20.9. The fraction of sp³-hybridized carbons (Fsp3) is 0.0690. The van der Waals surface area contributed by atoms with E-state index in [0.717, 1.165) is 5.75 Å². The van der Waals surface area contributed by atoms with Gasteiger partial charge in [0.15, 0.2) is 5.60 Å². The molecule has 0 atom stereocenters. The minimum atomic E-state index is -1.17. The second kappa shape index (κ2) is 7.95. The van der Waals surface area contributed by atoms with Gasteiger partial charge < -0.3 is 24.4 Å². The van der Waals surface area contributed by atoms with Crippen molar-refractivity contribution in [1.82, 2.24) is 0 Å². The third-order valence-corrected chi connectivity index (χ3v) is 6.23. The first-order valence-corrected chi connectivity index (χ1v) is 11.1. The molecule has 0 saturated carbocycles. The Morgan fingerprint density at radius 3 is 2.09 bits per heavy atom. The molecule has 0 aromatic heterocycles. The van der Waals surface area contributed by atoms with Gasteiger partial charge in [-0.15, -0.1) is 0 Å². The van der Waals surface area contributed by atoms with Crippen molar-refractivity contribution in [1.29, 1.82) is 0 Å². The second-order valence-corrected chi connectivity index (χ2v) is 8.33. The number of phenolic OH excluding ortho intramolecular Hbond substituents is 2. The quantitative estimate of drug-likeness (QED) is 0.322. The highest BCUT2D eigenvalue weighted by molar-refractivity contribution is 5.97. The first-order valence-electron chi connectivity index (χ1n) is 11.1. The van der Waals surface area contributed by atoms with Gasteiger partial charge in [0.25, 0.3) is 0 Å². The zero-order valence-corrected chi connectivity index (χ0v) is 18.5. The van der Waals surface area contributed by atoms with Crippen LogP contribution in [0.5, 0.6) is 28.7 Å². The summed E-state index contributed by atoms with van der Waals surface area (Å²) in [6.45, 7) is 0.705. The summed E-state index contributed by atoms with van der Waals surface area (Å²) in [7, 11) is 0. The number of rotatable bonds is 0. The van der Waals surface area contributed by atoms with Gasteiger partial charge in [-0.05, 0) is 42.5 Å². The van der Waals surface area contributed by atoms with Crippen LogP contribution in [0.1, 0.15) is 32.6 Å². The Labute approximate surface area is 201 Å². The van der Waals surface area contributed by atoms with Crippen molar-refractivity contribution in [2.75, 3.05) is 6.61 Å². The van der Waals surface area contributed by atoms with E-state index in [1.807, 2.05) is 42.5 Å². The molecule has 3 aliphatic heterocycles. The van der Waals surface area contributed by atoms with Crippen LogP contribution in [-0.2, 0) is 10.3 Å². The van der Waals surface area contributed by atoms with Gasteiger partial charge in [0.05, 0.1) is 5.56 Å². The zero-order valence-electron chi connectivity index (χ0n) is 18.5. The van der Waals surface area contributed by atoms with Crippen molar-refractivity contribution in [2.24, 2.45) is 0 Å². The molecule has 4 aromatic rings. The molecule has 0 amide bonds. The number of fused-ring (bicyclic) bond motifs is 7. The van der Waals surface area contributed by atoms with Gasteiger partial charge in [-0.25, -0.2) is 4.79 Å². The van der Waals surface area contributed by atoms with Crippen LogP contribution in [0.2, 0.25) is 0 Å². The maximum atomic E-state index is 12.5. The van der Waals surface area contributed by atoms with Gasteiger partial charge in [-0.1, -0.05) is 42.5 Å². The molecule has 0 aliphatic carbocycles. The molecule has 6 nitrogen and oxygen atoms in total. The summed E-state index contributed by atoms with van der Waals surface area (Å²) in [5.41, 5.74) is 2.46. The van der Waals surface area contributed by atoms with Gasteiger partial charge in [-0.2, -0.15) is 0 Å². The van der Waals surface area contributed by atoms with Gasteiger partial charge in [0, 0.05) is 34.4 Å². The molecule has 3 aliphatic rings. The molecule has 172 valence electrons. The number of phenols is 2. The van der Waals surface area contributed by atoms with Crippen LogP contribution in [0, 0.1) is 0 Å². The van der Waals surface area contributed by atoms with E-state index >= 15 is 0 Å². The molecule has 0 saturated heterocycles. The Kier molecular flexibility index (Phi) is 4.74. The van der Waals surface area contributed by atoms with Crippen molar-refractivity contribution < 1.29 is 29.2 Å². The fourth-order valence-corrected chi connectivity index (χ4v) is 4.72. The number of hydrogen-bond donors (Lipinski definition) is 2. The number of benzene rings is 4.